The van der Waals surface area contributed by atoms with Gasteiger partial charge in [0.05, 0.1) is 23.9 Å². The van der Waals surface area contributed by atoms with Crippen LogP contribution in [0.25, 0.3) is 32.9 Å². The van der Waals surface area contributed by atoms with Crippen molar-refractivity contribution in [3.05, 3.63) is 72.3 Å². The van der Waals surface area contributed by atoms with Gasteiger partial charge >= 0.3 is 0 Å². The SMILES string of the molecule is COc1ccc(-c2nc3c(C(=O)NCCN(C)C)cccc3c3ccccc23)cc1.Cl.Cl. The third kappa shape index (κ3) is 5.13. The lowest BCUT2D eigenvalue weighted by atomic mass is 9.98. The smallest absolute Gasteiger partial charge is 0.253 e. The molecule has 1 aromatic heterocycles. The van der Waals surface area contributed by atoms with Gasteiger partial charge in [-0.3, -0.25) is 4.79 Å². The number of likely N-dealkylation sites (N-methyl/N-ethyl adjacent to an activating group) is 1. The fourth-order valence-corrected chi connectivity index (χ4v) is 3.62. The van der Waals surface area contributed by atoms with E-state index >= 15 is 0 Å². The van der Waals surface area contributed by atoms with Gasteiger partial charge in [-0.2, -0.15) is 0 Å². The van der Waals surface area contributed by atoms with Crippen molar-refractivity contribution in [3.63, 3.8) is 0 Å². The van der Waals surface area contributed by atoms with Crippen molar-refractivity contribution in [2.24, 2.45) is 0 Å². The van der Waals surface area contributed by atoms with Crippen molar-refractivity contribution in [1.29, 1.82) is 0 Å². The van der Waals surface area contributed by atoms with Crippen LogP contribution in [0.3, 0.4) is 0 Å². The van der Waals surface area contributed by atoms with Crippen molar-refractivity contribution in [1.82, 2.24) is 15.2 Å². The van der Waals surface area contributed by atoms with Crippen molar-refractivity contribution in [3.8, 4) is 17.0 Å². The molecule has 0 saturated heterocycles. The Morgan fingerprint density at radius 3 is 2.22 bits per heavy atom. The second kappa shape index (κ2) is 11.1. The number of halogens is 2. The van der Waals surface area contributed by atoms with E-state index in [1.165, 1.54) is 0 Å². The number of nitrogens with one attached hydrogen (secondary N) is 1. The molecular formula is C25H27Cl2N3O2. The van der Waals surface area contributed by atoms with E-state index in [4.69, 9.17) is 9.72 Å². The minimum absolute atomic E-state index is 0. The molecule has 0 aliphatic rings. The highest BCUT2D eigenvalue weighted by molar-refractivity contribution is 6.16. The third-order valence-electron chi connectivity index (χ3n) is 5.18. The van der Waals surface area contributed by atoms with Crippen molar-refractivity contribution >= 4 is 52.4 Å². The van der Waals surface area contributed by atoms with Crippen molar-refractivity contribution < 1.29 is 9.53 Å². The summed E-state index contributed by atoms with van der Waals surface area (Å²) in [7, 11) is 5.62. The van der Waals surface area contributed by atoms with E-state index in [-0.39, 0.29) is 30.7 Å². The average Bonchev–Trinajstić information content (AvgIpc) is 2.78. The van der Waals surface area contributed by atoms with Crippen LogP contribution < -0.4 is 10.1 Å². The molecule has 0 saturated carbocycles. The first-order valence-corrected chi connectivity index (χ1v) is 9.97. The van der Waals surface area contributed by atoms with Crippen LogP contribution >= 0.6 is 24.8 Å². The molecule has 4 aromatic rings. The van der Waals surface area contributed by atoms with E-state index in [2.05, 4.69) is 17.4 Å². The molecule has 0 aliphatic heterocycles. The number of ether oxygens (including phenoxy) is 1. The van der Waals surface area contributed by atoms with E-state index in [1.807, 2.05) is 73.6 Å². The van der Waals surface area contributed by atoms with Crippen LogP contribution in [0.4, 0.5) is 0 Å². The first-order valence-electron chi connectivity index (χ1n) is 9.97. The highest BCUT2D eigenvalue weighted by atomic mass is 35.5. The van der Waals surface area contributed by atoms with Gasteiger partial charge in [0, 0.05) is 29.4 Å². The summed E-state index contributed by atoms with van der Waals surface area (Å²) in [4.78, 5) is 19.9. The van der Waals surface area contributed by atoms with Gasteiger partial charge in [-0.1, -0.05) is 36.4 Å². The number of rotatable bonds is 6. The summed E-state index contributed by atoms with van der Waals surface area (Å²) in [5.41, 5.74) is 3.14. The number of benzene rings is 3. The van der Waals surface area contributed by atoms with Crippen LogP contribution in [0, 0.1) is 0 Å². The lowest BCUT2D eigenvalue weighted by molar-refractivity contribution is 0.0952. The topological polar surface area (TPSA) is 54.5 Å². The maximum atomic E-state index is 12.9. The number of hydrogen-bond donors (Lipinski definition) is 1. The molecule has 3 aromatic carbocycles. The third-order valence-corrected chi connectivity index (χ3v) is 5.18. The van der Waals surface area contributed by atoms with Crippen LogP contribution in [-0.2, 0) is 0 Å². The van der Waals surface area contributed by atoms with Crippen LogP contribution in [0.5, 0.6) is 5.75 Å². The van der Waals surface area contributed by atoms with E-state index in [1.54, 1.807) is 7.11 Å². The molecule has 4 rings (SSSR count). The number of amides is 1. The molecule has 0 aliphatic carbocycles. The van der Waals surface area contributed by atoms with E-state index < -0.39 is 0 Å². The Kier molecular flexibility index (Phi) is 8.84. The van der Waals surface area contributed by atoms with Crippen LogP contribution in [0.2, 0.25) is 0 Å². The molecule has 1 heterocycles. The van der Waals surface area contributed by atoms with Gasteiger partial charge in [0.2, 0.25) is 0 Å². The number of para-hydroxylation sites is 1. The summed E-state index contributed by atoms with van der Waals surface area (Å²) in [5.74, 6) is 0.690. The lowest BCUT2D eigenvalue weighted by Gasteiger charge is -2.14. The van der Waals surface area contributed by atoms with E-state index in [9.17, 15) is 4.79 Å². The summed E-state index contributed by atoms with van der Waals surface area (Å²) in [5, 5.41) is 6.12. The summed E-state index contributed by atoms with van der Waals surface area (Å²) in [6.45, 7) is 1.37. The largest absolute Gasteiger partial charge is 0.497 e. The van der Waals surface area contributed by atoms with E-state index in [0.29, 0.717) is 17.6 Å². The molecule has 5 nitrogen and oxygen atoms in total. The normalized spacial score (nSPS) is 10.5. The molecule has 1 amide bonds. The van der Waals surface area contributed by atoms with Crippen molar-refractivity contribution in [2.75, 3.05) is 34.3 Å². The molecule has 0 radical (unpaired) electrons. The molecule has 168 valence electrons. The minimum atomic E-state index is -0.106. The molecule has 0 bridgehead atoms. The zero-order chi connectivity index (χ0) is 21.1. The monoisotopic (exact) mass is 471 g/mol. The maximum Gasteiger partial charge on any atom is 0.253 e. The molecule has 0 unspecified atom stereocenters. The molecule has 0 atom stereocenters. The van der Waals surface area contributed by atoms with Crippen LogP contribution in [-0.4, -0.2) is 50.1 Å². The number of carbonyl (C=O) groups excluding carboxylic acids is 1. The first kappa shape index (κ1) is 25.4. The molecule has 1 N–H and O–H groups in total. The fourth-order valence-electron chi connectivity index (χ4n) is 3.62. The second-order valence-corrected chi connectivity index (χ2v) is 7.50. The van der Waals surface area contributed by atoms with Gasteiger partial charge in [0.1, 0.15) is 5.75 Å². The summed E-state index contributed by atoms with van der Waals surface area (Å²) in [6.07, 6.45) is 0. The predicted octanol–water partition coefficient (Wildman–Crippen LogP) is 5.20. The summed E-state index contributed by atoms with van der Waals surface area (Å²) in [6, 6.07) is 21.8. The molecule has 7 heteroatoms. The maximum absolute atomic E-state index is 12.9. The van der Waals surface area contributed by atoms with Gasteiger partial charge in [-0.05, 0) is 49.8 Å². The quantitative estimate of drug-likeness (QED) is 0.392. The second-order valence-electron chi connectivity index (χ2n) is 7.50. The number of hydrogen-bond acceptors (Lipinski definition) is 4. The summed E-state index contributed by atoms with van der Waals surface area (Å²) < 4.78 is 5.29. The molecule has 32 heavy (non-hydrogen) atoms. The Bertz CT molecular complexity index is 1210. The van der Waals surface area contributed by atoms with Gasteiger partial charge in [-0.25, -0.2) is 4.98 Å². The Morgan fingerprint density at radius 2 is 1.56 bits per heavy atom. The van der Waals surface area contributed by atoms with Crippen LogP contribution in [0.1, 0.15) is 10.4 Å². The number of carbonyl (C=O) groups is 1. The number of methoxy groups -OCH3 is 1. The first-order chi connectivity index (χ1) is 14.6. The number of pyridine rings is 1. The Labute approximate surface area is 200 Å². The van der Waals surface area contributed by atoms with Gasteiger partial charge in [-0.15, -0.1) is 24.8 Å². The van der Waals surface area contributed by atoms with Crippen LogP contribution in [0.15, 0.2) is 66.7 Å². The number of fused-ring (bicyclic) bond motifs is 3. The zero-order valence-electron chi connectivity index (χ0n) is 18.3. The Morgan fingerprint density at radius 1 is 0.906 bits per heavy atom. The minimum Gasteiger partial charge on any atom is -0.497 e. The Hall–Kier alpha value is -2.86. The van der Waals surface area contributed by atoms with Gasteiger partial charge in [0.25, 0.3) is 5.91 Å². The predicted molar refractivity (Wildman–Crippen MR) is 137 cm³/mol. The van der Waals surface area contributed by atoms with E-state index in [0.717, 1.165) is 39.7 Å². The highest BCUT2D eigenvalue weighted by Crippen LogP contribution is 2.34. The fraction of sp³-hybridized carbons (Fsp3) is 0.200. The molecule has 0 fully saturated rings. The molecular weight excluding hydrogens is 445 g/mol. The van der Waals surface area contributed by atoms with Gasteiger partial charge < -0.3 is 15.0 Å². The lowest BCUT2D eigenvalue weighted by Crippen LogP contribution is -2.31. The molecule has 0 spiro atoms. The summed E-state index contributed by atoms with van der Waals surface area (Å²) >= 11 is 0. The van der Waals surface area contributed by atoms with Crippen molar-refractivity contribution in [2.45, 2.75) is 0 Å². The highest BCUT2D eigenvalue weighted by Gasteiger charge is 2.16. The number of nitrogens with zero attached hydrogens (tertiary/aromatic N) is 2. The Balaban J connectivity index is 0.00000181. The average molecular weight is 472 g/mol. The number of aromatic nitrogens is 1. The van der Waals surface area contributed by atoms with Gasteiger partial charge in [0.15, 0.2) is 0 Å². The zero-order valence-corrected chi connectivity index (χ0v) is 19.9. The standard InChI is InChI=1S/C25H25N3O2.2ClH/c1-28(2)16-15-26-25(29)22-10-6-9-21-19-7-4-5-8-20(19)23(27-24(21)22)17-11-13-18(30-3)14-12-17;;/h4-14H,15-16H2,1-3H3,(H,26,29);2*1H.